The molecule has 0 unspecified atom stereocenters. The minimum Gasteiger partial charge on any atom is -0.363 e. The molecule has 8 nitrogen and oxygen atoms in total. The summed E-state index contributed by atoms with van der Waals surface area (Å²) in [5, 5.41) is 10.5. The highest BCUT2D eigenvalue weighted by Crippen LogP contribution is 2.37. The Morgan fingerprint density at radius 1 is 0.837 bits per heavy atom. The lowest BCUT2D eigenvalue weighted by Crippen LogP contribution is -2.15. The van der Waals surface area contributed by atoms with Gasteiger partial charge in [-0.3, -0.25) is 4.79 Å². The normalized spacial score (nSPS) is 11.0. The maximum Gasteiger partial charge on any atom is 0.261 e. The molecule has 0 radical (unpaired) electrons. The van der Waals surface area contributed by atoms with Gasteiger partial charge in [0.05, 0.1) is 16.8 Å². The van der Waals surface area contributed by atoms with E-state index in [0.29, 0.717) is 33.9 Å². The van der Waals surface area contributed by atoms with Gasteiger partial charge in [0.15, 0.2) is 0 Å². The summed E-state index contributed by atoms with van der Waals surface area (Å²) in [6, 6.07) is 23.5. The molecule has 0 saturated heterocycles. The average Bonchev–Trinajstić information content (AvgIpc) is 3.37. The zero-order chi connectivity index (χ0) is 30.1. The number of amides is 1. The van der Waals surface area contributed by atoms with Crippen LogP contribution < -0.4 is 15.5 Å². The summed E-state index contributed by atoms with van der Waals surface area (Å²) in [5.74, 6) is -2.17. The van der Waals surface area contributed by atoms with Gasteiger partial charge < -0.3 is 15.5 Å². The van der Waals surface area contributed by atoms with Crippen LogP contribution in [0.25, 0.3) is 28.0 Å². The van der Waals surface area contributed by atoms with Crippen LogP contribution in [0.3, 0.4) is 0 Å². The van der Waals surface area contributed by atoms with Gasteiger partial charge in [-0.1, -0.05) is 30.3 Å². The molecule has 0 aliphatic rings. The quantitative estimate of drug-likeness (QED) is 0.213. The number of hydrogen-bond acceptors (Lipinski definition) is 6. The van der Waals surface area contributed by atoms with Crippen molar-refractivity contribution in [3.05, 3.63) is 120 Å². The number of carbonyl (C=O) groups is 1. The molecular formula is C32H24F3N7O. The van der Waals surface area contributed by atoms with Crippen molar-refractivity contribution >= 4 is 34.6 Å². The van der Waals surface area contributed by atoms with Gasteiger partial charge >= 0.3 is 0 Å². The molecule has 3 aromatic carbocycles. The molecule has 3 aromatic heterocycles. The van der Waals surface area contributed by atoms with Crippen molar-refractivity contribution < 1.29 is 18.0 Å². The molecule has 214 valence electrons. The Hall–Kier alpha value is -5.71. The summed E-state index contributed by atoms with van der Waals surface area (Å²) < 4.78 is 44.1. The van der Waals surface area contributed by atoms with E-state index in [0.717, 1.165) is 23.5 Å². The number of benzene rings is 3. The summed E-state index contributed by atoms with van der Waals surface area (Å²) in [5.41, 5.74) is 3.26. The highest BCUT2D eigenvalue weighted by molar-refractivity contribution is 6.05. The topological polar surface area (TPSA) is 87.5 Å². The minimum atomic E-state index is -0.959. The van der Waals surface area contributed by atoms with Gasteiger partial charge in [0.1, 0.15) is 34.5 Å². The van der Waals surface area contributed by atoms with Crippen LogP contribution in [-0.4, -0.2) is 39.6 Å². The molecule has 0 saturated carbocycles. The lowest BCUT2D eigenvalue weighted by molar-refractivity contribution is 0.101. The highest BCUT2D eigenvalue weighted by Gasteiger charge is 2.22. The van der Waals surface area contributed by atoms with E-state index < -0.39 is 28.9 Å². The third kappa shape index (κ3) is 5.47. The molecule has 0 spiro atoms. The van der Waals surface area contributed by atoms with Gasteiger partial charge in [0.2, 0.25) is 5.95 Å². The van der Waals surface area contributed by atoms with Crippen molar-refractivity contribution in [1.82, 2.24) is 19.6 Å². The van der Waals surface area contributed by atoms with Crippen LogP contribution in [0.15, 0.2) is 97.2 Å². The van der Waals surface area contributed by atoms with Crippen LogP contribution >= 0.6 is 0 Å². The number of aromatic nitrogens is 4. The Balaban J connectivity index is 1.45. The van der Waals surface area contributed by atoms with Crippen LogP contribution in [0.4, 0.5) is 36.3 Å². The van der Waals surface area contributed by atoms with E-state index in [4.69, 9.17) is 10.1 Å². The first-order valence-electron chi connectivity index (χ1n) is 13.2. The van der Waals surface area contributed by atoms with Crippen molar-refractivity contribution in [3.8, 4) is 22.5 Å². The number of nitrogens with one attached hydrogen (secondary N) is 2. The zero-order valence-electron chi connectivity index (χ0n) is 23.0. The second-order valence-electron chi connectivity index (χ2n) is 9.83. The van der Waals surface area contributed by atoms with E-state index in [1.807, 2.05) is 43.3 Å². The first-order valence-corrected chi connectivity index (χ1v) is 13.2. The van der Waals surface area contributed by atoms with Gasteiger partial charge in [0.25, 0.3) is 5.91 Å². The molecule has 0 aliphatic carbocycles. The van der Waals surface area contributed by atoms with E-state index >= 15 is 0 Å². The highest BCUT2D eigenvalue weighted by atomic mass is 19.1. The molecule has 6 aromatic rings. The second kappa shape index (κ2) is 11.3. The fourth-order valence-electron chi connectivity index (χ4n) is 4.75. The third-order valence-electron chi connectivity index (χ3n) is 6.67. The fraction of sp³-hybridized carbons (Fsp3) is 0.0625. The van der Waals surface area contributed by atoms with Crippen molar-refractivity contribution in [2.75, 3.05) is 29.6 Å². The predicted molar refractivity (Wildman–Crippen MR) is 160 cm³/mol. The van der Waals surface area contributed by atoms with Crippen molar-refractivity contribution in [2.45, 2.75) is 0 Å². The molecule has 0 atom stereocenters. The summed E-state index contributed by atoms with van der Waals surface area (Å²) in [7, 11) is 3.80. The van der Waals surface area contributed by atoms with Crippen LogP contribution in [0.2, 0.25) is 0 Å². The summed E-state index contributed by atoms with van der Waals surface area (Å²) >= 11 is 0. The monoisotopic (exact) mass is 579 g/mol. The molecular weight excluding hydrogens is 555 g/mol. The SMILES string of the molecule is CN(C)c1cccc2c(-c3ccnc(Nc4cccc(F)c4)n3)c(-c3cccc(NC(=O)c4c(F)cccc4F)c3)nn12. The van der Waals surface area contributed by atoms with Gasteiger partial charge in [0, 0.05) is 37.2 Å². The van der Waals surface area contributed by atoms with E-state index in [1.54, 1.807) is 47.1 Å². The molecule has 0 fully saturated rings. The summed E-state index contributed by atoms with van der Waals surface area (Å²) in [6.07, 6.45) is 1.59. The van der Waals surface area contributed by atoms with Crippen LogP contribution in [0.5, 0.6) is 0 Å². The van der Waals surface area contributed by atoms with E-state index in [2.05, 4.69) is 15.6 Å². The van der Waals surface area contributed by atoms with E-state index in [1.165, 1.54) is 18.2 Å². The number of hydrogen-bond donors (Lipinski definition) is 2. The molecule has 2 N–H and O–H groups in total. The molecule has 6 rings (SSSR count). The van der Waals surface area contributed by atoms with Gasteiger partial charge in [-0.2, -0.15) is 5.10 Å². The van der Waals surface area contributed by atoms with Crippen LogP contribution in [-0.2, 0) is 0 Å². The second-order valence-corrected chi connectivity index (χ2v) is 9.83. The molecule has 0 bridgehead atoms. The third-order valence-corrected chi connectivity index (χ3v) is 6.67. The fourth-order valence-corrected chi connectivity index (χ4v) is 4.75. The number of nitrogens with zero attached hydrogens (tertiary/aromatic N) is 5. The maximum atomic E-state index is 14.2. The average molecular weight is 580 g/mol. The van der Waals surface area contributed by atoms with Gasteiger partial charge in [-0.05, 0) is 60.7 Å². The molecule has 0 aliphatic heterocycles. The first kappa shape index (κ1) is 27.5. The number of carbonyl (C=O) groups excluding carboxylic acids is 1. The molecule has 3 heterocycles. The first-order chi connectivity index (χ1) is 20.8. The van der Waals surface area contributed by atoms with Crippen LogP contribution in [0, 0.1) is 17.5 Å². The Morgan fingerprint density at radius 3 is 2.33 bits per heavy atom. The number of fused-ring (bicyclic) bond motifs is 1. The van der Waals surface area contributed by atoms with E-state index in [9.17, 15) is 18.0 Å². The van der Waals surface area contributed by atoms with Crippen molar-refractivity contribution in [1.29, 1.82) is 0 Å². The Bertz CT molecular complexity index is 1970. The Kier molecular flexibility index (Phi) is 7.21. The summed E-state index contributed by atoms with van der Waals surface area (Å²) in [4.78, 5) is 23.7. The summed E-state index contributed by atoms with van der Waals surface area (Å²) in [6.45, 7) is 0. The van der Waals surface area contributed by atoms with Gasteiger partial charge in [-0.15, -0.1) is 0 Å². The minimum absolute atomic E-state index is 0.255. The zero-order valence-corrected chi connectivity index (χ0v) is 23.0. The Morgan fingerprint density at radius 2 is 1.56 bits per heavy atom. The van der Waals surface area contributed by atoms with Crippen LogP contribution in [0.1, 0.15) is 10.4 Å². The van der Waals surface area contributed by atoms with E-state index in [-0.39, 0.29) is 5.95 Å². The number of rotatable bonds is 7. The van der Waals surface area contributed by atoms with Gasteiger partial charge in [-0.25, -0.2) is 27.7 Å². The Labute approximate surface area is 244 Å². The number of anilines is 4. The molecule has 11 heteroatoms. The predicted octanol–water partition coefficient (Wildman–Crippen LogP) is 6.94. The van der Waals surface area contributed by atoms with Crippen molar-refractivity contribution in [2.24, 2.45) is 0 Å². The largest absolute Gasteiger partial charge is 0.363 e. The number of halogens is 3. The lowest BCUT2D eigenvalue weighted by Gasteiger charge is -2.13. The maximum absolute atomic E-state index is 14.2. The smallest absolute Gasteiger partial charge is 0.261 e. The standard InChI is InChI=1S/C32H24F3N7O/c1-41(2)27-14-6-13-26-29(25-15-16-36-32(39-25)38-22-10-4-8-20(33)18-22)30(40-42(26)27)19-7-3-9-21(17-19)37-31(43)28-23(34)11-5-12-24(28)35/h3-18H,1-2H3,(H,37,43)(H,36,38,39). The van der Waals surface area contributed by atoms with Crippen molar-refractivity contribution in [3.63, 3.8) is 0 Å². The molecule has 1 amide bonds. The lowest BCUT2D eigenvalue weighted by atomic mass is 10.0. The molecule has 43 heavy (non-hydrogen) atoms. The number of pyridine rings is 1.